The molecule has 2 N–H and O–H groups in total. The normalized spacial score (nSPS) is 12.2. The lowest BCUT2D eigenvalue weighted by Crippen LogP contribution is -2.31. The summed E-state index contributed by atoms with van der Waals surface area (Å²) in [6.07, 6.45) is 0.446. The molecule has 4 heteroatoms. The van der Waals surface area contributed by atoms with E-state index >= 15 is 0 Å². The van der Waals surface area contributed by atoms with E-state index in [-0.39, 0.29) is 19.1 Å². The molecule has 0 radical (unpaired) electrons. The van der Waals surface area contributed by atoms with Gasteiger partial charge in [-0.05, 0) is 23.8 Å². The first-order valence-corrected chi connectivity index (χ1v) is 6.67. The number of aliphatic hydroxyl groups excluding tert-OH is 1. The van der Waals surface area contributed by atoms with E-state index in [0.29, 0.717) is 12.5 Å². The number of alkyl carbamates (subject to hydrolysis) is 1. The molecular weight excluding hydrogens is 242 g/mol. The van der Waals surface area contributed by atoms with Crippen LogP contribution in [0.2, 0.25) is 0 Å². The maximum Gasteiger partial charge on any atom is 0.407 e. The fourth-order valence-electron chi connectivity index (χ4n) is 1.89. The second-order valence-electron chi connectivity index (χ2n) is 5.12. The molecule has 0 saturated heterocycles. The van der Waals surface area contributed by atoms with E-state index in [4.69, 9.17) is 4.74 Å². The Morgan fingerprint density at radius 2 is 2.00 bits per heavy atom. The van der Waals surface area contributed by atoms with Crippen molar-refractivity contribution in [1.29, 1.82) is 0 Å². The fourth-order valence-corrected chi connectivity index (χ4v) is 1.89. The molecule has 1 amide bonds. The minimum absolute atomic E-state index is 0.0805. The van der Waals surface area contributed by atoms with Crippen LogP contribution in [-0.2, 0) is 11.3 Å². The molecule has 0 bridgehead atoms. The molecule has 19 heavy (non-hydrogen) atoms. The lowest BCUT2D eigenvalue weighted by atomic mass is 9.98. The summed E-state index contributed by atoms with van der Waals surface area (Å²) in [4.78, 5) is 11.5. The van der Waals surface area contributed by atoms with Crippen LogP contribution in [0.25, 0.3) is 0 Å². The molecule has 0 aromatic heterocycles. The van der Waals surface area contributed by atoms with Gasteiger partial charge in [0.2, 0.25) is 0 Å². The van der Waals surface area contributed by atoms with Crippen LogP contribution in [0.5, 0.6) is 0 Å². The molecule has 106 valence electrons. The van der Waals surface area contributed by atoms with E-state index in [9.17, 15) is 9.90 Å². The van der Waals surface area contributed by atoms with Crippen LogP contribution < -0.4 is 5.32 Å². The SMILES string of the molecule is CC(C)CC(CO)CNC(=O)OCc1ccccc1. The Hall–Kier alpha value is -1.55. The minimum atomic E-state index is -0.439. The van der Waals surface area contributed by atoms with Gasteiger partial charge in [-0.1, -0.05) is 44.2 Å². The zero-order chi connectivity index (χ0) is 14.1. The number of carbonyl (C=O) groups excluding carboxylic acids is 1. The quantitative estimate of drug-likeness (QED) is 0.796. The van der Waals surface area contributed by atoms with E-state index in [1.165, 1.54) is 0 Å². The molecule has 1 unspecified atom stereocenters. The zero-order valence-electron chi connectivity index (χ0n) is 11.6. The molecule has 1 rings (SSSR count). The standard InChI is InChI=1S/C15H23NO3/c1-12(2)8-14(10-17)9-16-15(18)19-11-13-6-4-3-5-7-13/h3-7,12,14,17H,8-11H2,1-2H3,(H,16,18). The maximum absolute atomic E-state index is 11.5. The van der Waals surface area contributed by atoms with E-state index in [0.717, 1.165) is 12.0 Å². The van der Waals surface area contributed by atoms with Crippen LogP contribution in [0.4, 0.5) is 4.79 Å². The summed E-state index contributed by atoms with van der Waals surface area (Å²) >= 11 is 0. The van der Waals surface area contributed by atoms with Crippen LogP contribution in [0.3, 0.4) is 0 Å². The molecule has 1 aromatic rings. The molecule has 0 saturated carbocycles. The van der Waals surface area contributed by atoms with Gasteiger partial charge in [-0.2, -0.15) is 0 Å². The van der Waals surface area contributed by atoms with Crippen LogP contribution in [-0.4, -0.2) is 24.4 Å². The van der Waals surface area contributed by atoms with Gasteiger partial charge in [0.05, 0.1) is 0 Å². The van der Waals surface area contributed by atoms with Crippen molar-refractivity contribution in [2.45, 2.75) is 26.9 Å². The van der Waals surface area contributed by atoms with Crippen LogP contribution in [0, 0.1) is 11.8 Å². The lowest BCUT2D eigenvalue weighted by Gasteiger charge is -2.16. The molecule has 1 aromatic carbocycles. The number of amides is 1. The highest BCUT2D eigenvalue weighted by Gasteiger charge is 2.11. The minimum Gasteiger partial charge on any atom is -0.445 e. The highest BCUT2D eigenvalue weighted by atomic mass is 16.5. The summed E-state index contributed by atoms with van der Waals surface area (Å²) in [6, 6.07) is 9.54. The lowest BCUT2D eigenvalue weighted by molar-refractivity contribution is 0.133. The Morgan fingerprint density at radius 3 is 2.58 bits per heavy atom. The van der Waals surface area contributed by atoms with Gasteiger partial charge in [-0.3, -0.25) is 0 Å². The Balaban J connectivity index is 2.24. The molecule has 4 nitrogen and oxygen atoms in total. The molecule has 0 aliphatic carbocycles. The molecule has 0 aliphatic heterocycles. The number of carbonyl (C=O) groups is 1. The third kappa shape index (κ3) is 6.82. The highest BCUT2D eigenvalue weighted by molar-refractivity contribution is 5.67. The van der Waals surface area contributed by atoms with Gasteiger partial charge in [-0.15, -0.1) is 0 Å². The van der Waals surface area contributed by atoms with Gasteiger partial charge in [-0.25, -0.2) is 4.79 Å². The van der Waals surface area contributed by atoms with Gasteiger partial charge in [0.1, 0.15) is 6.61 Å². The molecule has 0 aliphatic rings. The van der Waals surface area contributed by atoms with Gasteiger partial charge < -0.3 is 15.2 Å². The number of rotatable bonds is 7. The number of hydrogen-bond acceptors (Lipinski definition) is 3. The van der Waals surface area contributed by atoms with Crippen molar-refractivity contribution < 1.29 is 14.6 Å². The van der Waals surface area contributed by atoms with Crippen LogP contribution in [0.15, 0.2) is 30.3 Å². The second-order valence-corrected chi connectivity index (χ2v) is 5.12. The summed E-state index contributed by atoms with van der Waals surface area (Å²) in [7, 11) is 0. The molecule has 0 spiro atoms. The average molecular weight is 265 g/mol. The topological polar surface area (TPSA) is 58.6 Å². The smallest absolute Gasteiger partial charge is 0.407 e. The van der Waals surface area contributed by atoms with Crippen LogP contribution in [0.1, 0.15) is 25.8 Å². The Kier molecular flexibility index (Phi) is 6.97. The van der Waals surface area contributed by atoms with Gasteiger partial charge in [0, 0.05) is 13.2 Å². The summed E-state index contributed by atoms with van der Waals surface area (Å²) < 4.78 is 5.10. The third-order valence-corrected chi connectivity index (χ3v) is 2.81. The summed E-state index contributed by atoms with van der Waals surface area (Å²) in [6.45, 7) is 4.98. The van der Waals surface area contributed by atoms with Gasteiger partial charge >= 0.3 is 6.09 Å². The van der Waals surface area contributed by atoms with E-state index in [1.54, 1.807) is 0 Å². The van der Waals surface area contributed by atoms with Crippen LogP contribution >= 0.6 is 0 Å². The number of hydrogen-bond donors (Lipinski definition) is 2. The van der Waals surface area contributed by atoms with E-state index in [1.807, 2.05) is 30.3 Å². The zero-order valence-corrected chi connectivity index (χ0v) is 11.6. The number of nitrogens with one attached hydrogen (secondary N) is 1. The highest BCUT2D eigenvalue weighted by Crippen LogP contribution is 2.10. The first-order chi connectivity index (χ1) is 9.11. The molecule has 1 atom stereocenters. The fraction of sp³-hybridized carbons (Fsp3) is 0.533. The number of aliphatic hydroxyl groups is 1. The predicted molar refractivity (Wildman–Crippen MR) is 74.7 cm³/mol. The molecule has 0 fully saturated rings. The molecule has 0 heterocycles. The summed E-state index contributed by atoms with van der Waals surface area (Å²) in [5.74, 6) is 0.587. The van der Waals surface area contributed by atoms with E-state index < -0.39 is 6.09 Å². The largest absolute Gasteiger partial charge is 0.445 e. The van der Waals surface area contributed by atoms with Crippen molar-refractivity contribution in [3.63, 3.8) is 0 Å². The monoisotopic (exact) mass is 265 g/mol. The van der Waals surface area contributed by atoms with E-state index in [2.05, 4.69) is 19.2 Å². The van der Waals surface area contributed by atoms with Crippen molar-refractivity contribution in [3.8, 4) is 0 Å². The maximum atomic E-state index is 11.5. The van der Waals surface area contributed by atoms with Crippen molar-refractivity contribution in [2.24, 2.45) is 11.8 Å². The number of ether oxygens (including phenoxy) is 1. The van der Waals surface area contributed by atoms with Crippen molar-refractivity contribution >= 4 is 6.09 Å². The van der Waals surface area contributed by atoms with Crippen molar-refractivity contribution in [1.82, 2.24) is 5.32 Å². The third-order valence-electron chi connectivity index (χ3n) is 2.81. The van der Waals surface area contributed by atoms with Crippen molar-refractivity contribution in [3.05, 3.63) is 35.9 Å². The van der Waals surface area contributed by atoms with Crippen molar-refractivity contribution in [2.75, 3.05) is 13.2 Å². The first kappa shape index (κ1) is 15.5. The first-order valence-electron chi connectivity index (χ1n) is 6.67. The Bertz CT molecular complexity index is 365. The number of benzene rings is 1. The summed E-state index contributed by atoms with van der Waals surface area (Å²) in [5, 5.41) is 11.9. The summed E-state index contributed by atoms with van der Waals surface area (Å²) in [5.41, 5.74) is 0.957. The Morgan fingerprint density at radius 1 is 1.32 bits per heavy atom. The Labute approximate surface area is 114 Å². The second kappa shape index (κ2) is 8.53. The van der Waals surface area contributed by atoms with Gasteiger partial charge in [0.15, 0.2) is 0 Å². The average Bonchev–Trinajstić information content (AvgIpc) is 2.42. The van der Waals surface area contributed by atoms with Gasteiger partial charge in [0.25, 0.3) is 0 Å². The predicted octanol–water partition coefficient (Wildman–Crippen LogP) is 2.57. The molecular formula is C15H23NO3.